The second kappa shape index (κ2) is 16.8. The van der Waals surface area contributed by atoms with Gasteiger partial charge in [0.1, 0.15) is 0 Å². The lowest BCUT2D eigenvalue weighted by Crippen LogP contribution is -2.29. The van der Waals surface area contributed by atoms with Crippen LogP contribution in [0.4, 0.5) is 0 Å². The van der Waals surface area contributed by atoms with Gasteiger partial charge in [-0.2, -0.15) is 0 Å². The van der Waals surface area contributed by atoms with Gasteiger partial charge in [-0.1, -0.05) is 117 Å². The summed E-state index contributed by atoms with van der Waals surface area (Å²) in [6.45, 7) is 0. The second-order valence-corrected chi connectivity index (χ2v) is 12.5. The van der Waals surface area contributed by atoms with Crippen molar-refractivity contribution in [3.8, 4) is 0 Å². The van der Waals surface area contributed by atoms with Crippen LogP contribution < -0.4 is 0 Å². The first-order chi connectivity index (χ1) is 21.0. The second-order valence-electron chi connectivity index (χ2n) is 10.7. The Bertz CT molecular complexity index is 1420. The van der Waals surface area contributed by atoms with Gasteiger partial charge in [-0.25, -0.2) is 0 Å². The standard InChI is InChI=1S/2C18H18BrNO2/c2*1-20(2)18(22)16(13-8-10-15(19)11-9-13)12-17(21)14-6-4-3-5-7-14/h2*3-11,16H,12H2,1-2H3/t2*16-/m10/s1. The molecular formula is C36H36Br2N2O4. The number of carbonyl (C=O) groups is 4. The molecule has 0 unspecified atom stereocenters. The third-order valence-electron chi connectivity index (χ3n) is 6.99. The largest absolute Gasteiger partial charge is 0.348 e. The van der Waals surface area contributed by atoms with Crippen molar-refractivity contribution >= 4 is 55.2 Å². The number of halogens is 2. The van der Waals surface area contributed by atoms with Gasteiger partial charge in [-0.3, -0.25) is 19.2 Å². The average molecular weight is 721 g/mol. The maximum Gasteiger partial charge on any atom is 0.230 e. The molecule has 0 spiro atoms. The third kappa shape index (κ3) is 10.1. The highest BCUT2D eigenvalue weighted by Crippen LogP contribution is 2.27. The van der Waals surface area contributed by atoms with Crippen LogP contribution in [0, 0.1) is 0 Å². The molecule has 0 radical (unpaired) electrons. The van der Waals surface area contributed by atoms with E-state index in [2.05, 4.69) is 31.9 Å². The zero-order chi connectivity index (χ0) is 32.2. The van der Waals surface area contributed by atoms with E-state index >= 15 is 0 Å². The molecule has 0 saturated carbocycles. The Hall–Kier alpha value is -3.88. The zero-order valence-electron chi connectivity index (χ0n) is 25.2. The van der Waals surface area contributed by atoms with Gasteiger partial charge in [-0.05, 0) is 35.4 Å². The molecule has 0 aliphatic heterocycles. The van der Waals surface area contributed by atoms with Gasteiger partial charge in [0.2, 0.25) is 11.8 Å². The van der Waals surface area contributed by atoms with E-state index in [-0.39, 0.29) is 36.2 Å². The molecule has 0 aromatic heterocycles. The van der Waals surface area contributed by atoms with Crippen molar-refractivity contribution in [1.82, 2.24) is 9.80 Å². The Labute approximate surface area is 276 Å². The molecule has 0 N–H and O–H groups in total. The van der Waals surface area contributed by atoms with Crippen LogP contribution in [0.2, 0.25) is 0 Å². The Morgan fingerprint density at radius 3 is 1.07 bits per heavy atom. The minimum atomic E-state index is -0.462. The first kappa shape index (κ1) is 34.6. The molecule has 8 heteroatoms. The summed E-state index contributed by atoms with van der Waals surface area (Å²) in [5, 5.41) is 0. The lowest BCUT2D eigenvalue weighted by atomic mass is 9.90. The molecule has 228 valence electrons. The molecule has 44 heavy (non-hydrogen) atoms. The van der Waals surface area contributed by atoms with Crippen molar-refractivity contribution in [2.45, 2.75) is 24.7 Å². The van der Waals surface area contributed by atoms with Gasteiger partial charge < -0.3 is 9.80 Å². The Kier molecular flexibility index (Phi) is 13.2. The number of carbonyl (C=O) groups excluding carboxylic acids is 4. The fourth-order valence-electron chi connectivity index (χ4n) is 4.56. The minimum Gasteiger partial charge on any atom is -0.348 e. The van der Waals surface area contributed by atoms with E-state index in [1.807, 2.05) is 84.9 Å². The van der Waals surface area contributed by atoms with Gasteiger partial charge in [-0.15, -0.1) is 0 Å². The molecule has 0 bridgehead atoms. The highest BCUT2D eigenvalue weighted by Gasteiger charge is 2.27. The monoisotopic (exact) mass is 718 g/mol. The molecule has 4 rings (SSSR count). The molecule has 2 amide bonds. The molecule has 0 aliphatic carbocycles. The number of rotatable bonds is 10. The summed E-state index contributed by atoms with van der Waals surface area (Å²) in [5.74, 6) is -1.10. The number of ketones is 2. The van der Waals surface area contributed by atoms with Crippen molar-refractivity contribution in [1.29, 1.82) is 0 Å². The first-order valence-corrected chi connectivity index (χ1v) is 15.7. The zero-order valence-corrected chi connectivity index (χ0v) is 28.4. The molecule has 0 fully saturated rings. The van der Waals surface area contributed by atoms with Crippen molar-refractivity contribution < 1.29 is 19.2 Å². The van der Waals surface area contributed by atoms with Gasteiger partial charge in [0.25, 0.3) is 0 Å². The Morgan fingerprint density at radius 1 is 0.500 bits per heavy atom. The molecule has 0 saturated heterocycles. The predicted octanol–water partition coefficient (Wildman–Crippen LogP) is 7.79. The van der Waals surface area contributed by atoms with Crippen LogP contribution >= 0.6 is 31.9 Å². The number of hydrogen-bond donors (Lipinski definition) is 0. The van der Waals surface area contributed by atoms with Crippen LogP contribution in [0.1, 0.15) is 56.5 Å². The van der Waals surface area contributed by atoms with Crippen LogP contribution in [0.3, 0.4) is 0 Å². The summed E-state index contributed by atoms with van der Waals surface area (Å²) in [5.41, 5.74) is 2.98. The molecule has 6 nitrogen and oxygen atoms in total. The fourth-order valence-corrected chi connectivity index (χ4v) is 5.09. The first-order valence-electron chi connectivity index (χ1n) is 14.1. The van der Waals surface area contributed by atoms with E-state index in [0.717, 1.165) is 20.1 Å². The van der Waals surface area contributed by atoms with E-state index in [9.17, 15) is 19.2 Å². The summed E-state index contributed by atoms with van der Waals surface area (Å²) in [7, 11) is 6.84. The van der Waals surface area contributed by atoms with Gasteiger partial charge in [0, 0.05) is 61.1 Å². The minimum absolute atomic E-state index is 0.0243. The third-order valence-corrected chi connectivity index (χ3v) is 8.05. The summed E-state index contributed by atoms with van der Waals surface area (Å²) >= 11 is 6.77. The Balaban J connectivity index is 0.000000240. The molecule has 2 atom stereocenters. The van der Waals surface area contributed by atoms with E-state index in [1.54, 1.807) is 52.5 Å². The number of nitrogens with zero attached hydrogens (tertiary/aromatic N) is 2. The fraction of sp³-hybridized carbons (Fsp3) is 0.222. The van der Waals surface area contributed by atoms with Gasteiger partial charge in [0.15, 0.2) is 11.6 Å². The summed E-state index contributed by atoms with van der Waals surface area (Å²) in [6.07, 6.45) is 0.339. The number of benzene rings is 4. The molecular weight excluding hydrogens is 684 g/mol. The number of likely N-dealkylation sites (N-methyl/N-ethyl adjacent to an activating group) is 2. The van der Waals surface area contributed by atoms with E-state index < -0.39 is 11.8 Å². The van der Waals surface area contributed by atoms with Gasteiger partial charge in [0.05, 0.1) is 11.8 Å². The maximum atomic E-state index is 12.5. The van der Waals surface area contributed by atoms with Crippen LogP contribution in [-0.4, -0.2) is 61.4 Å². The highest BCUT2D eigenvalue weighted by atomic mass is 79.9. The number of hydrogen-bond acceptors (Lipinski definition) is 4. The SMILES string of the molecule is CN(C)C(=O)[C@@H](CC(=O)c1ccccc1)c1ccc(Br)cc1.CN(C)C(=O)[C@H](CC(=O)c1ccccc1)c1ccc(Br)cc1. The van der Waals surface area contributed by atoms with Crippen LogP contribution in [-0.2, 0) is 9.59 Å². The smallest absolute Gasteiger partial charge is 0.230 e. The van der Waals surface area contributed by atoms with Crippen LogP contribution in [0.5, 0.6) is 0 Å². The number of Topliss-reactive ketones (excluding diaryl/α,β-unsaturated/α-hetero) is 2. The quantitative estimate of drug-likeness (QED) is 0.157. The van der Waals surface area contributed by atoms with Crippen molar-refractivity contribution in [2.24, 2.45) is 0 Å². The van der Waals surface area contributed by atoms with Crippen LogP contribution in [0.15, 0.2) is 118 Å². The summed E-state index contributed by atoms with van der Waals surface area (Å²) in [6, 6.07) is 33.3. The van der Waals surface area contributed by atoms with Crippen molar-refractivity contribution in [3.63, 3.8) is 0 Å². The molecule has 4 aromatic carbocycles. The average Bonchev–Trinajstić information content (AvgIpc) is 3.03. The lowest BCUT2D eigenvalue weighted by Gasteiger charge is -2.20. The molecule has 0 aliphatic rings. The molecule has 0 heterocycles. The van der Waals surface area contributed by atoms with Crippen molar-refractivity contribution in [2.75, 3.05) is 28.2 Å². The van der Waals surface area contributed by atoms with Gasteiger partial charge >= 0.3 is 0 Å². The van der Waals surface area contributed by atoms with E-state index in [1.165, 1.54) is 9.80 Å². The Morgan fingerprint density at radius 2 is 0.795 bits per heavy atom. The highest BCUT2D eigenvalue weighted by molar-refractivity contribution is 9.10. The summed E-state index contributed by atoms with van der Waals surface area (Å²) in [4.78, 5) is 52.9. The predicted molar refractivity (Wildman–Crippen MR) is 182 cm³/mol. The van der Waals surface area contributed by atoms with E-state index in [4.69, 9.17) is 0 Å². The summed E-state index contributed by atoms with van der Waals surface area (Å²) < 4.78 is 1.89. The number of amides is 2. The molecule has 4 aromatic rings. The van der Waals surface area contributed by atoms with Crippen LogP contribution in [0.25, 0.3) is 0 Å². The van der Waals surface area contributed by atoms with Crippen molar-refractivity contribution in [3.05, 3.63) is 140 Å². The maximum absolute atomic E-state index is 12.5. The lowest BCUT2D eigenvalue weighted by molar-refractivity contribution is -0.131. The topological polar surface area (TPSA) is 74.8 Å². The normalized spacial score (nSPS) is 11.8. The van der Waals surface area contributed by atoms with E-state index in [0.29, 0.717) is 11.1 Å².